The van der Waals surface area contributed by atoms with Crippen molar-refractivity contribution in [3.63, 3.8) is 0 Å². The van der Waals surface area contributed by atoms with Crippen LogP contribution in [0.5, 0.6) is 17.2 Å². The second-order valence-corrected chi connectivity index (χ2v) is 9.70. The third-order valence-electron chi connectivity index (χ3n) is 6.74. The van der Waals surface area contributed by atoms with Gasteiger partial charge >= 0.3 is 0 Å². The molecule has 0 bridgehead atoms. The Morgan fingerprint density at radius 2 is 2.03 bits per heavy atom. The third-order valence-corrected chi connectivity index (χ3v) is 7.09. The van der Waals surface area contributed by atoms with Crippen LogP contribution in [0.15, 0.2) is 36.4 Å². The molecule has 2 aliphatic heterocycles. The summed E-state index contributed by atoms with van der Waals surface area (Å²) in [5.41, 5.74) is 4.69. The molecule has 3 heterocycles. The molecule has 3 aliphatic rings. The summed E-state index contributed by atoms with van der Waals surface area (Å²) in [5, 5.41) is 8.57. The first-order chi connectivity index (χ1) is 17.1. The van der Waals surface area contributed by atoms with Gasteiger partial charge in [-0.3, -0.25) is 14.4 Å². The molecule has 0 atom stereocenters. The van der Waals surface area contributed by atoms with E-state index in [2.05, 4.69) is 16.3 Å². The Balaban J connectivity index is 1.28. The van der Waals surface area contributed by atoms with Crippen molar-refractivity contribution >= 4 is 17.5 Å². The smallest absolute Gasteiger partial charge is 0.272 e. The monoisotopic (exact) mass is 494 g/mol. The zero-order valence-electron chi connectivity index (χ0n) is 19.6. The third kappa shape index (κ3) is 4.56. The summed E-state index contributed by atoms with van der Waals surface area (Å²) < 4.78 is 18.3. The van der Waals surface area contributed by atoms with Gasteiger partial charge in [-0.2, -0.15) is 5.10 Å². The van der Waals surface area contributed by atoms with E-state index in [-0.39, 0.29) is 18.7 Å². The minimum Gasteiger partial charge on any atom is -0.497 e. The number of halogens is 1. The molecule has 2 aromatic carbocycles. The summed E-state index contributed by atoms with van der Waals surface area (Å²) in [6.45, 7) is 2.93. The lowest BCUT2D eigenvalue weighted by atomic mass is 10.0. The van der Waals surface area contributed by atoms with Gasteiger partial charge in [0.1, 0.15) is 5.75 Å². The van der Waals surface area contributed by atoms with Crippen molar-refractivity contribution in [2.45, 2.75) is 44.9 Å². The number of nitrogens with zero attached hydrogens (tertiary/aromatic N) is 3. The molecule has 35 heavy (non-hydrogen) atoms. The van der Waals surface area contributed by atoms with Gasteiger partial charge in [0.05, 0.1) is 13.7 Å². The first kappa shape index (κ1) is 22.2. The first-order valence-corrected chi connectivity index (χ1v) is 12.3. The highest BCUT2D eigenvalue weighted by Crippen LogP contribution is 2.38. The average molecular weight is 495 g/mol. The maximum Gasteiger partial charge on any atom is 0.272 e. The average Bonchev–Trinajstić information content (AvgIpc) is 3.44. The molecule has 1 aliphatic carbocycles. The van der Waals surface area contributed by atoms with Gasteiger partial charge in [0.25, 0.3) is 5.91 Å². The highest BCUT2D eigenvalue weighted by molar-refractivity contribution is 6.31. The van der Waals surface area contributed by atoms with Crippen molar-refractivity contribution in [2.75, 3.05) is 20.4 Å². The molecule has 1 amide bonds. The fourth-order valence-corrected chi connectivity index (χ4v) is 4.95. The SMILES string of the molecule is COc1cccc(Cn2nc(C(=O)NC3CC3)c3c2CCN(Cc2cc4c(cc2Cl)OCO4)C3)c1. The predicted molar refractivity (Wildman–Crippen MR) is 130 cm³/mol. The quantitative estimate of drug-likeness (QED) is 0.538. The Bertz CT molecular complexity index is 1290. The lowest BCUT2D eigenvalue weighted by molar-refractivity contribution is 0.0943. The number of methoxy groups -OCH3 is 1. The number of fused-ring (bicyclic) bond motifs is 2. The standard InChI is InChI=1S/C26H27ClN4O4/c1-33-19-4-2-3-16(9-19)12-31-22-7-8-30(13-17-10-23-24(11-21(17)27)35-15-34-23)14-20(22)25(29-31)26(32)28-18-5-6-18/h2-4,9-11,18H,5-8,12-15H2,1H3,(H,28,32). The highest BCUT2D eigenvalue weighted by atomic mass is 35.5. The number of hydrogen-bond donors (Lipinski definition) is 1. The van der Waals surface area contributed by atoms with Gasteiger partial charge in [-0.1, -0.05) is 23.7 Å². The van der Waals surface area contributed by atoms with Crippen molar-refractivity contribution in [3.8, 4) is 17.2 Å². The summed E-state index contributed by atoms with van der Waals surface area (Å²) in [7, 11) is 1.66. The second-order valence-electron chi connectivity index (χ2n) is 9.29. The summed E-state index contributed by atoms with van der Waals surface area (Å²) in [4.78, 5) is 15.4. The summed E-state index contributed by atoms with van der Waals surface area (Å²) in [5.74, 6) is 2.12. The van der Waals surface area contributed by atoms with Gasteiger partial charge in [0.2, 0.25) is 6.79 Å². The Morgan fingerprint density at radius 1 is 1.20 bits per heavy atom. The summed E-state index contributed by atoms with van der Waals surface area (Å²) in [6.07, 6.45) is 2.87. The van der Waals surface area contributed by atoms with E-state index in [1.165, 1.54) is 0 Å². The Morgan fingerprint density at radius 3 is 2.83 bits per heavy atom. The van der Waals surface area contributed by atoms with Crippen LogP contribution < -0.4 is 19.5 Å². The van der Waals surface area contributed by atoms with E-state index >= 15 is 0 Å². The van der Waals surface area contributed by atoms with Crippen LogP contribution in [0.3, 0.4) is 0 Å². The van der Waals surface area contributed by atoms with Crippen LogP contribution >= 0.6 is 11.6 Å². The molecule has 1 N–H and O–H groups in total. The normalized spacial score (nSPS) is 16.7. The molecule has 0 radical (unpaired) electrons. The van der Waals surface area contributed by atoms with Crippen molar-refractivity contribution in [1.29, 1.82) is 0 Å². The molecular formula is C26H27ClN4O4. The van der Waals surface area contributed by atoms with Crippen molar-refractivity contribution in [3.05, 3.63) is 69.5 Å². The molecule has 0 spiro atoms. The molecule has 182 valence electrons. The van der Waals surface area contributed by atoms with Crippen molar-refractivity contribution < 1.29 is 19.0 Å². The van der Waals surface area contributed by atoms with Gasteiger partial charge in [0, 0.05) is 54.4 Å². The van der Waals surface area contributed by atoms with Gasteiger partial charge < -0.3 is 19.5 Å². The Kier molecular flexibility index (Phi) is 5.78. The van der Waals surface area contributed by atoms with Crippen LogP contribution in [0.1, 0.15) is 45.7 Å². The largest absolute Gasteiger partial charge is 0.497 e. The Hall–Kier alpha value is -3.23. The van der Waals surface area contributed by atoms with E-state index in [4.69, 9.17) is 30.9 Å². The molecule has 1 fully saturated rings. The molecule has 1 aromatic heterocycles. The van der Waals surface area contributed by atoms with Gasteiger partial charge in [0.15, 0.2) is 17.2 Å². The maximum atomic E-state index is 13.1. The van der Waals surface area contributed by atoms with E-state index in [1.54, 1.807) is 7.11 Å². The topological polar surface area (TPSA) is 77.9 Å². The lowest BCUT2D eigenvalue weighted by Gasteiger charge is -2.28. The molecule has 8 nitrogen and oxygen atoms in total. The van der Waals surface area contributed by atoms with Crippen LogP contribution in [-0.2, 0) is 26.1 Å². The number of hydrogen-bond acceptors (Lipinski definition) is 6. The van der Waals surface area contributed by atoms with Crippen LogP contribution in [-0.4, -0.2) is 47.1 Å². The van der Waals surface area contributed by atoms with E-state index < -0.39 is 0 Å². The molecule has 1 saturated carbocycles. The highest BCUT2D eigenvalue weighted by Gasteiger charge is 2.31. The van der Waals surface area contributed by atoms with Crippen LogP contribution in [0.25, 0.3) is 0 Å². The molecule has 3 aromatic rings. The summed E-state index contributed by atoms with van der Waals surface area (Å²) >= 11 is 6.54. The fraction of sp³-hybridized carbons (Fsp3) is 0.385. The van der Waals surface area contributed by atoms with Crippen molar-refractivity contribution in [2.24, 2.45) is 0 Å². The fourth-order valence-electron chi connectivity index (χ4n) is 4.74. The number of carbonyl (C=O) groups is 1. The first-order valence-electron chi connectivity index (χ1n) is 11.9. The van der Waals surface area contributed by atoms with Gasteiger partial charge in [-0.15, -0.1) is 0 Å². The summed E-state index contributed by atoms with van der Waals surface area (Å²) in [6, 6.07) is 12.0. The molecule has 0 unspecified atom stereocenters. The van der Waals surface area contributed by atoms with E-state index in [9.17, 15) is 4.79 Å². The molecule has 0 saturated heterocycles. The number of carbonyl (C=O) groups excluding carboxylic acids is 1. The van der Waals surface area contributed by atoms with Gasteiger partial charge in [-0.25, -0.2) is 0 Å². The molecule has 9 heteroatoms. The number of amides is 1. The minimum atomic E-state index is -0.0869. The van der Waals surface area contributed by atoms with Crippen molar-refractivity contribution in [1.82, 2.24) is 20.0 Å². The van der Waals surface area contributed by atoms with Crippen LogP contribution in [0.2, 0.25) is 5.02 Å². The minimum absolute atomic E-state index is 0.0869. The number of ether oxygens (including phenoxy) is 3. The number of rotatable bonds is 7. The van der Waals surface area contributed by atoms with Gasteiger partial charge in [-0.05, 0) is 42.2 Å². The molecular weight excluding hydrogens is 468 g/mol. The van der Waals surface area contributed by atoms with E-state index in [0.717, 1.165) is 59.7 Å². The van der Waals surface area contributed by atoms with E-state index in [0.29, 0.717) is 36.1 Å². The Labute approximate surface area is 208 Å². The maximum absolute atomic E-state index is 13.1. The van der Waals surface area contributed by atoms with Crippen LogP contribution in [0.4, 0.5) is 0 Å². The predicted octanol–water partition coefficient (Wildman–Crippen LogP) is 3.77. The number of benzene rings is 2. The number of nitrogens with one attached hydrogen (secondary N) is 1. The van der Waals surface area contributed by atoms with E-state index in [1.807, 2.05) is 35.0 Å². The van der Waals surface area contributed by atoms with Crippen LogP contribution in [0, 0.1) is 0 Å². The zero-order valence-corrected chi connectivity index (χ0v) is 20.3. The molecule has 6 rings (SSSR count). The second kappa shape index (κ2) is 9.09. The zero-order chi connectivity index (χ0) is 23.9. The lowest BCUT2D eigenvalue weighted by Crippen LogP contribution is -2.33. The number of aromatic nitrogens is 2.